The second kappa shape index (κ2) is 3.73. The maximum Gasteiger partial charge on any atom is 0.160 e. The van der Waals surface area contributed by atoms with E-state index in [0.29, 0.717) is 19.6 Å². The molecule has 12 heavy (non-hydrogen) atoms. The Morgan fingerprint density at radius 1 is 1.33 bits per heavy atom. The molecule has 1 rings (SSSR count). The van der Waals surface area contributed by atoms with E-state index < -0.39 is 0 Å². The molecule has 1 N–H and O–H groups in total. The Hall–Kier alpha value is -0.120. The van der Waals surface area contributed by atoms with Gasteiger partial charge in [0.1, 0.15) is 0 Å². The summed E-state index contributed by atoms with van der Waals surface area (Å²) < 4.78 is 10.5. The Labute approximate surface area is 73.7 Å². The Morgan fingerprint density at radius 3 is 2.25 bits per heavy atom. The summed E-state index contributed by atoms with van der Waals surface area (Å²) in [4.78, 5) is 0. The zero-order chi connectivity index (χ0) is 9.19. The van der Waals surface area contributed by atoms with Gasteiger partial charge < -0.3 is 14.6 Å². The molecule has 0 aromatic heterocycles. The predicted molar refractivity (Wildman–Crippen MR) is 45.8 cm³/mol. The van der Waals surface area contributed by atoms with Gasteiger partial charge in [0.25, 0.3) is 0 Å². The summed E-state index contributed by atoms with van der Waals surface area (Å²) in [5, 5.41) is 9.69. The van der Waals surface area contributed by atoms with Crippen molar-refractivity contribution in [2.45, 2.75) is 39.6 Å². The van der Waals surface area contributed by atoms with Gasteiger partial charge in [-0.3, -0.25) is 0 Å². The average molecular weight is 174 g/mol. The van der Waals surface area contributed by atoms with Gasteiger partial charge in [0.2, 0.25) is 0 Å². The van der Waals surface area contributed by atoms with E-state index in [4.69, 9.17) is 9.47 Å². The van der Waals surface area contributed by atoms with Crippen molar-refractivity contribution in [3.63, 3.8) is 0 Å². The van der Waals surface area contributed by atoms with Crippen LogP contribution in [0.15, 0.2) is 0 Å². The Kier molecular flexibility index (Phi) is 3.09. The van der Waals surface area contributed by atoms with Gasteiger partial charge in [-0.05, 0) is 5.41 Å². The monoisotopic (exact) mass is 174 g/mol. The second-order valence-corrected chi connectivity index (χ2v) is 4.29. The number of ether oxygens (including phenoxy) is 2. The van der Waals surface area contributed by atoms with E-state index in [1.807, 2.05) is 20.8 Å². The van der Waals surface area contributed by atoms with Crippen LogP contribution in [0.2, 0.25) is 0 Å². The van der Waals surface area contributed by atoms with Crippen molar-refractivity contribution in [3.05, 3.63) is 0 Å². The van der Waals surface area contributed by atoms with Crippen LogP contribution >= 0.6 is 0 Å². The third-order valence-corrected chi connectivity index (χ3v) is 2.11. The number of aliphatic hydroxyl groups excluding tert-OH is 1. The van der Waals surface area contributed by atoms with Gasteiger partial charge in [-0.15, -0.1) is 0 Å². The first-order chi connectivity index (χ1) is 5.50. The molecule has 0 bridgehead atoms. The van der Waals surface area contributed by atoms with Crippen molar-refractivity contribution in [2.75, 3.05) is 13.2 Å². The molecule has 1 heterocycles. The smallest absolute Gasteiger partial charge is 0.160 e. The van der Waals surface area contributed by atoms with E-state index in [1.165, 1.54) is 0 Å². The first kappa shape index (κ1) is 9.96. The van der Waals surface area contributed by atoms with E-state index in [0.717, 1.165) is 0 Å². The van der Waals surface area contributed by atoms with Crippen molar-refractivity contribution in [1.82, 2.24) is 0 Å². The van der Waals surface area contributed by atoms with Crippen LogP contribution in [-0.2, 0) is 9.47 Å². The Balaban J connectivity index is 2.30. The number of hydrogen-bond acceptors (Lipinski definition) is 3. The highest BCUT2D eigenvalue weighted by atomic mass is 16.7. The molecule has 3 nitrogen and oxygen atoms in total. The van der Waals surface area contributed by atoms with E-state index in [1.54, 1.807) is 0 Å². The van der Waals surface area contributed by atoms with Crippen LogP contribution in [0.25, 0.3) is 0 Å². The Morgan fingerprint density at radius 2 is 1.83 bits per heavy atom. The largest absolute Gasteiger partial charge is 0.392 e. The van der Waals surface area contributed by atoms with Crippen LogP contribution in [0, 0.1) is 5.41 Å². The van der Waals surface area contributed by atoms with Crippen molar-refractivity contribution >= 4 is 0 Å². The minimum atomic E-state index is -0.361. The van der Waals surface area contributed by atoms with Gasteiger partial charge in [-0.25, -0.2) is 0 Å². The maximum atomic E-state index is 9.69. The van der Waals surface area contributed by atoms with Crippen molar-refractivity contribution in [2.24, 2.45) is 5.41 Å². The van der Waals surface area contributed by atoms with E-state index in [9.17, 15) is 5.11 Å². The lowest BCUT2D eigenvalue weighted by atomic mass is 9.87. The summed E-state index contributed by atoms with van der Waals surface area (Å²) in [5.74, 6) is 0. The molecule has 1 aliphatic heterocycles. The molecule has 1 fully saturated rings. The van der Waals surface area contributed by atoms with Crippen LogP contribution in [0.4, 0.5) is 0 Å². The highest BCUT2D eigenvalue weighted by Gasteiger charge is 2.27. The van der Waals surface area contributed by atoms with Gasteiger partial charge in [-0.1, -0.05) is 20.8 Å². The van der Waals surface area contributed by atoms with Crippen molar-refractivity contribution in [3.8, 4) is 0 Å². The molecule has 3 heteroatoms. The van der Waals surface area contributed by atoms with E-state index in [-0.39, 0.29) is 17.8 Å². The third-order valence-electron chi connectivity index (χ3n) is 2.11. The van der Waals surface area contributed by atoms with Crippen LogP contribution < -0.4 is 0 Å². The van der Waals surface area contributed by atoms with Crippen LogP contribution in [0.3, 0.4) is 0 Å². The van der Waals surface area contributed by atoms with Crippen LogP contribution in [0.5, 0.6) is 0 Å². The molecule has 0 amide bonds. The summed E-state index contributed by atoms with van der Waals surface area (Å²) >= 11 is 0. The summed E-state index contributed by atoms with van der Waals surface area (Å²) in [6, 6.07) is 0. The molecule has 0 aliphatic carbocycles. The first-order valence-corrected chi connectivity index (χ1v) is 4.41. The zero-order valence-corrected chi connectivity index (χ0v) is 8.04. The summed E-state index contributed by atoms with van der Waals surface area (Å²) in [7, 11) is 0. The van der Waals surface area contributed by atoms with Gasteiger partial charge in [0.15, 0.2) is 6.29 Å². The standard InChI is InChI=1S/C9H18O3/c1-9(2,3)7(10)6-8-11-4-5-12-8/h7-8,10H,4-6H2,1-3H3/t7-/m0/s1. The molecule has 1 aliphatic rings. The molecule has 0 spiro atoms. The Bertz CT molecular complexity index is 133. The fourth-order valence-corrected chi connectivity index (χ4v) is 1.08. The van der Waals surface area contributed by atoms with Gasteiger partial charge in [0, 0.05) is 6.42 Å². The molecule has 0 aromatic carbocycles. The molecule has 0 saturated carbocycles. The fourth-order valence-electron chi connectivity index (χ4n) is 1.08. The molecular formula is C9H18O3. The molecule has 0 unspecified atom stereocenters. The first-order valence-electron chi connectivity index (χ1n) is 4.41. The molecule has 1 saturated heterocycles. The molecular weight excluding hydrogens is 156 g/mol. The topological polar surface area (TPSA) is 38.7 Å². The van der Waals surface area contributed by atoms with Crippen LogP contribution in [-0.4, -0.2) is 30.7 Å². The van der Waals surface area contributed by atoms with E-state index in [2.05, 4.69) is 0 Å². The van der Waals surface area contributed by atoms with Gasteiger partial charge in [0.05, 0.1) is 19.3 Å². The fraction of sp³-hybridized carbons (Fsp3) is 1.00. The van der Waals surface area contributed by atoms with Crippen LogP contribution in [0.1, 0.15) is 27.2 Å². The highest BCUT2D eigenvalue weighted by Crippen LogP contribution is 2.24. The summed E-state index contributed by atoms with van der Waals surface area (Å²) in [5.41, 5.74) is -0.0880. The van der Waals surface area contributed by atoms with Crippen molar-refractivity contribution < 1.29 is 14.6 Å². The van der Waals surface area contributed by atoms with Gasteiger partial charge in [-0.2, -0.15) is 0 Å². The molecule has 0 radical (unpaired) electrons. The molecule has 0 aromatic rings. The lowest BCUT2D eigenvalue weighted by molar-refractivity contribution is -0.0879. The minimum Gasteiger partial charge on any atom is -0.392 e. The quantitative estimate of drug-likeness (QED) is 0.682. The SMILES string of the molecule is CC(C)(C)[C@@H](O)CC1OCCO1. The van der Waals surface area contributed by atoms with Gasteiger partial charge >= 0.3 is 0 Å². The zero-order valence-electron chi connectivity index (χ0n) is 8.04. The maximum absolute atomic E-state index is 9.69. The molecule has 72 valence electrons. The summed E-state index contributed by atoms with van der Waals surface area (Å²) in [6.07, 6.45) is 0.0172. The number of rotatable bonds is 2. The lowest BCUT2D eigenvalue weighted by Crippen LogP contribution is -2.30. The molecule has 1 atom stereocenters. The summed E-state index contributed by atoms with van der Waals surface area (Å²) in [6.45, 7) is 7.33. The number of aliphatic hydroxyl groups is 1. The average Bonchev–Trinajstić information content (AvgIpc) is 2.37. The van der Waals surface area contributed by atoms with E-state index >= 15 is 0 Å². The lowest BCUT2D eigenvalue weighted by Gasteiger charge is -2.27. The second-order valence-electron chi connectivity index (χ2n) is 4.29. The normalized spacial score (nSPS) is 23.0. The predicted octanol–water partition coefficient (Wildman–Crippen LogP) is 1.16. The number of hydrogen-bond donors (Lipinski definition) is 1. The minimum absolute atomic E-state index is 0.0880. The van der Waals surface area contributed by atoms with Crippen molar-refractivity contribution in [1.29, 1.82) is 0 Å². The highest BCUT2D eigenvalue weighted by molar-refractivity contribution is 4.74. The third kappa shape index (κ3) is 2.73.